The zero-order chi connectivity index (χ0) is 31.2. The number of benzene rings is 1. The van der Waals surface area contributed by atoms with Gasteiger partial charge in [-0.15, -0.1) is 0 Å². The smallest absolute Gasteiger partial charge is 0.312 e. The summed E-state index contributed by atoms with van der Waals surface area (Å²) in [5, 5.41) is 17.7. The van der Waals surface area contributed by atoms with E-state index in [0.29, 0.717) is 36.8 Å². The molecule has 2 aromatic heterocycles. The standard InChI is InChI=1S/C30H36FN7O5/c1-17-12-20(6-7-22(17)31)13-32-25(40)23-24(39)26(41)38-14-19-8-10-30(11-9-19,29(38)33-23)37(5)28(43)27(42)35(3)15-21-16-36(4)34-18(21)2/h6-7,12,16,19,39H,8-11,13-15H2,1-5H3,(H,32,40). The molecule has 3 amide bonds. The van der Waals surface area contributed by atoms with Crippen LogP contribution in [0.5, 0.6) is 5.75 Å². The Balaban J connectivity index is 1.45. The Morgan fingerprint density at radius 3 is 2.49 bits per heavy atom. The van der Waals surface area contributed by atoms with Crippen molar-refractivity contribution in [3.63, 3.8) is 0 Å². The lowest BCUT2D eigenvalue weighted by Gasteiger charge is -2.43. The normalized spacial score (nSPS) is 19.0. The highest BCUT2D eigenvalue weighted by Crippen LogP contribution is 2.46. The fourth-order valence-corrected chi connectivity index (χ4v) is 6.25. The Kier molecular flexibility index (Phi) is 7.84. The molecule has 0 unspecified atom stereocenters. The predicted octanol–water partition coefficient (Wildman–Crippen LogP) is 1.88. The lowest BCUT2D eigenvalue weighted by atomic mass is 9.76. The number of nitrogens with zero attached hydrogens (tertiary/aromatic N) is 6. The molecular weight excluding hydrogens is 557 g/mol. The molecule has 0 radical (unpaired) electrons. The zero-order valence-electron chi connectivity index (χ0n) is 25.0. The number of hydrogen-bond donors (Lipinski definition) is 2. The van der Waals surface area contributed by atoms with Crippen molar-refractivity contribution >= 4 is 17.7 Å². The van der Waals surface area contributed by atoms with E-state index in [-0.39, 0.29) is 37.2 Å². The lowest BCUT2D eigenvalue weighted by Crippen LogP contribution is -2.54. The number of aromatic hydroxyl groups is 1. The van der Waals surface area contributed by atoms with Gasteiger partial charge in [-0.25, -0.2) is 9.37 Å². The number of rotatable bonds is 6. The third kappa shape index (κ3) is 5.39. The molecule has 1 aliphatic carbocycles. The fourth-order valence-electron chi connectivity index (χ4n) is 6.25. The summed E-state index contributed by atoms with van der Waals surface area (Å²) in [6, 6.07) is 4.41. The van der Waals surface area contributed by atoms with E-state index >= 15 is 0 Å². The van der Waals surface area contributed by atoms with E-state index in [1.54, 1.807) is 38.0 Å². The summed E-state index contributed by atoms with van der Waals surface area (Å²) in [4.78, 5) is 60.9. The van der Waals surface area contributed by atoms with Crippen molar-refractivity contribution in [2.24, 2.45) is 13.0 Å². The Labute approximate surface area is 248 Å². The van der Waals surface area contributed by atoms with Gasteiger partial charge in [0.15, 0.2) is 5.69 Å². The van der Waals surface area contributed by atoms with Crippen molar-refractivity contribution in [1.29, 1.82) is 0 Å². The minimum atomic E-state index is -1.14. The largest absolute Gasteiger partial charge is 0.501 e. The van der Waals surface area contributed by atoms with Gasteiger partial charge in [0.05, 0.1) is 5.69 Å². The van der Waals surface area contributed by atoms with Crippen LogP contribution in [0.1, 0.15) is 64.4 Å². The second kappa shape index (κ2) is 11.3. The van der Waals surface area contributed by atoms with Crippen LogP contribution in [0, 0.1) is 25.6 Å². The molecule has 3 aliphatic rings. The van der Waals surface area contributed by atoms with Gasteiger partial charge in [0.25, 0.3) is 11.5 Å². The number of nitrogens with one attached hydrogen (secondary N) is 1. The highest BCUT2D eigenvalue weighted by Gasteiger charge is 2.50. The SMILES string of the molecule is Cc1cc(CNC(=O)c2nc3n(c(=O)c2O)CC2CCC3(N(C)C(=O)C(=O)N(C)Cc3cn(C)nc3C)CC2)ccc1F. The molecule has 2 bridgehead atoms. The van der Waals surface area contributed by atoms with E-state index in [9.17, 15) is 28.7 Å². The Hall–Kier alpha value is -4.55. The summed E-state index contributed by atoms with van der Waals surface area (Å²) in [7, 11) is 4.85. The molecule has 3 aromatic rings. The quantitative estimate of drug-likeness (QED) is 0.416. The third-order valence-electron chi connectivity index (χ3n) is 8.82. The van der Waals surface area contributed by atoms with Gasteiger partial charge >= 0.3 is 11.8 Å². The number of aromatic nitrogens is 4. The second-order valence-corrected chi connectivity index (χ2v) is 11.7. The van der Waals surface area contributed by atoms with Gasteiger partial charge in [0.2, 0.25) is 5.75 Å². The molecule has 0 spiro atoms. The lowest BCUT2D eigenvalue weighted by molar-refractivity contribution is -0.155. The molecule has 1 aromatic carbocycles. The van der Waals surface area contributed by atoms with Crippen LogP contribution in [-0.2, 0) is 41.8 Å². The number of amides is 3. The molecule has 6 rings (SSSR count). The van der Waals surface area contributed by atoms with Crippen LogP contribution in [0.25, 0.3) is 0 Å². The first kappa shape index (κ1) is 29.9. The summed E-state index contributed by atoms with van der Waals surface area (Å²) < 4.78 is 16.7. The summed E-state index contributed by atoms with van der Waals surface area (Å²) in [6.07, 6.45) is 4.01. The number of likely N-dealkylation sites (N-methyl/N-ethyl adjacent to an activating group) is 2. The van der Waals surface area contributed by atoms with Crippen LogP contribution in [0.15, 0.2) is 29.2 Å². The molecular formula is C30H36FN7O5. The number of carbonyl (C=O) groups excluding carboxylic acids is 3. The van der Waals surface area contributed by atoms with Crippen molar-refractivity contribution in [3.05, 3.63) is 74.5 Å². The monoisotopic (exact) mass is 593 g/mol. The van der Waals surface area contributed by atoms with Gasteiger partial charge in [-0.3, -0.25) is 28.4 Å². The maximum atomic E-state index is 13.7. The van der Waals surface area contributed by atoms with Crippen molar-refractivity contribution in [2.75, 3.05) is 14.1 Å². The van der Waals surface area contributed by atoms with Crippen molar-refractivity contribution in [1.82, 2.24) is 34.4 Å². The van der Waals surface area contributed by atoms with Gasteiger partial charge < -0.3 is 20.2 Å². The number of fused-ring (bicyclic) bond motifs is 2. The summed E-state index contributed by atoms with van der Waals surface area (Å²) in [6.45, 7) is 3.92. The molecule has 1 fully saturated rings. The molecule has 13 heteroatoms. The topological polar surface area (TPSA) is 143 Å². The Morgan fingerprint density at radius 1 is 1.16 bits per heavy atom. The minimum absolute atomic E-state index is 0.0162. The average molecular weight is 594 g/mol. The van der Waals surface area contributed by atoms with E-state index in [1.807, 2.05) is 6.92 Å². The van der Waals surface area contributed by atoms with Crippen LogP contribution < -0.4 is 10.9 Å². The van der Waals surface area contributed by atoms with E-state index in [2.05, 4.69) is 15.4 Å². The molecule has 228 valence electrons. The minimum Gasteiger partial charge on any atom is -0.501 e. The van der Waals surface area contributed by atoms with Gasteiger partial charge in [-0.1, -0.05) is 12.1 Å². The van der Waals surface area contributed by atoms with Gasteiger partial charge in [-0.05, 0) is 62.6 Å². The van der Waals surface area contributed by atoms with E-state index in [1.165, 1.54) is 33.5 Å². The number of carbonyl (C=O) groups is 3. The molecule has 4 heterocycles. The van der Waals surface area contributed by atoms with Crippen molar-refractivity contribution in [3.8, 4) is 5.75 Å². The first-order chi connectivity index (χ1) is 20.3. The molecule has 1 saturated carbocycles. The predicted molar refractivity (Wildman–Crippen MR) is 153 cm³/mol. The van der Waals surface area contributed by atoms with Gasteiger partial charge in [-0.2, -0.15) is 5.10 Å². The van der Waals surface area contributed by atoms with Gasteiger partial charge in [0, 0.05) is 52.5 Å². The Bertz CT molecular complexity index is 1670. The maximum Gasteiger partial charge on any atom is 0.312 e. The van der Waals surface area contributed by atoms with Crippen LogP contribution in [-0.4, -0.2) is 66.1 Å². The highest BCUT2D eigenvalue weighted by molar-refractivity contribution is 6.34. The summed E-state index contributed by atoms with van der Waals surface area (Å²) >= 11 is 0. The number of halogens is 1. The third-order valence-corrected chi connectivity index (χ3v) is 8.82. The first-order valence-corrected chi connectivity index (χ1v) is 14.2. The maximum absolute atomic E-state index is 13.7. The van der Waals surface area contributed by atoms with Crippen LogP contribution in [0.4, 0.5) is 4.39 Å². The fraction of sp³-hybridized carbons (Fsp3) is 0.467. The first-order valence-electron chi connectivity index (χ1n) is 14.2. The number of aryl methyl sites for hydroxylation is 3. The molecule has 0 saturated heterocycles. The van der Waals surface area contributed by atoms with Gasteiger partial charge in [0.1, 0.15) is 17.2 Å². The highest BCUT2D eigenvalue weighted by atomic mass is 19.1. The molecule has 2 aliphatic heterocycles. The van der Waals surface area contributed by atoms with E-state index in [4.69, 9.17) is 0 Å². The van der Waals surface area contributed by atoms with E-state index in [0.717, 1.165) is 11.3 Å². The number of hydrogen-bond acceptors (Lipinski definition) is 7. The molecule has 43 heavy (non-hydrogen) atoms. The summed E-state index contributed by atoms with van der Waals surface area (Å²) in [5.41, 5.74) is 0.225. The zero-order valence-corrected chi connectivity index (χ0v) is 25.0. The van der Waals surface area contributed by atoms with Crippen LogP contribution >= 0.6 is 0 Å². The van der Waals surface area contributed by atoms with Crippen LogP contribution in [0.3, 0.4) is 0 Å². The van der Waals surface area contributed by atoms with Crippen molar-refractivity contribution < 1.29 is 23.9 Å². The molecule has 0 atom stereocenters. The van der Waals surface area contributed by atoms with Crippen LogP contribution in [0.2, 0.25) is 0 Å². The molecule has 12 nitrogen and oxygen atoms in total. The average Bonchev–Trinajstić information content (AvgIpc) is 3.13. The Morgan fingerprint density at radius 2 is 1.86 bits per heavy atom. The van der Waals surface area contributed by atoms with E-state index < -0.39 is 40.3 Å². The van der Waals surface area contributed by atoms with Crippen molar-refractivity contribution in [2.45, 2.75) is 64.7 Å². The summed E-state index contributed by atoms with van der Waals surface area (Å²) in [5.74, 6) is -3.15. The molecule has 2 N–H and O–H groups in total. The second-order valence-electron chi connectivity index (χ2n) is 11.7.